The van der Waals surface area contributed by atoms with Crippen molar-refractivity contribution in [2.24, 2.45) is 0 Å². The molecule has 0 saturated carbocycles. The van der Waals surface area contributed by atoms with Gasteiger partial charge in [-0.1, -0.05) is 23.7 Å². The molecule has 0 unspecified atom stereocenters. The maximum atomic E-state index is 5.90. The number of anilines is 1. The topological polar surface area (TPSA) is 37.8 Å². The molecule has 2 aromatic rings. The van der Waals surface area contributed by atoms with Gasteiger partial charge in [-0.2, -0.15) is 0 Å². The van der Waals surface area contributed by atoms with Crippen molar-refractivity contribution >= 4 is 17.4 Å². The highest BCUT2D eigenvalue weighted by atomic mass is 35.5. The highest BCUT2D eigenvalue weighted by Gasteiger charge is 2.01. The zero-order valence-corrected chi connectivity index (χ0v) is 8.99. The first-order valence-corrected chi connectivity index (χ1v) is 4.93. The lowest BCUT2D eigenvalue weighted by Crippen LogP contribution is -1.94. The van der Waals surface area contributed by atoms with Crippen LogP contribution < -0.4 is 5.32 Å². The molecule has 3 nitrogen and oxygen atoms in total. The summed E-state index contributed by atoms with van der Waals surface area (Å²) in [6, 6.07) is 7.55. The van der Waals surface area contributed by atoms with E-state index in [0.29, 0.717) is 5.02 Å². The zero-order chi connectivity index (χ0) is 10.7. The molecule has 0 atom stereocenters. The summed E-state index contributed by atoms with van der Waals surface area (Å²) in [5.41, 5.74) is 1.77. The Kier molecular flexibility index (Phi) is 2.83. The largest absolute Gasteiger partial charge is 0.372 e. The van der Waals surface area contributed by atoms with E-state index in [-0.39, 0.29) is 0 Å². The molecule has 1 heterocycles. The Morgan fingerprint density at radius 1 is 1.27 bits per heavy atom. The summed E-state index contributed by atoms with van der Waals surface area (Å²) < 4.78 is 0. The van der Waals surface area contributed by atoms with Crippen LogP contribution in [0.15, 0.2) is 36.7 Å². The number of benzene rings is 1. The third kappa shape index (κ3) is 2.25. The molecule has 0 aliphatic rings. The van der Waals surface area contributed by atoms with Gasteiger partial charge >= 0.3 is 0 Å². The molecule has 1 aromatic carbocycles. The van der Waals surface area contributed by atoms with E-state index in [2.05, 4.69) is 15.3 Å². The highest BCUT2D eigenvalue weighted by Crippen LogP contribution is 2.20. The third-order valence-electron chi connectivity index (χ3n) is 2.01. The Hall–Kier alpha value is -1.61. The number of nitrogens with zero attached hydrogens (tertiary/aromatic N) is 2. The van der Waals surface area contributed by atoms with E-state index in [4.69, 9.17) is 11.6 Å². The van der Waals surface area contributed by atoms with Crippen molar-refractivity contribution in [1.82, 2.24) is 9.97 Å². The predicted octanol–water partition coefficient (Wildman–Crippen LogP) is 2.84. The Bertz CT molecular complexity index is 471. The fraction of sp³-hybridized carbons (Fsp3) is 0.0909. The van der Waals surface area contributed by atoms with Gasteiger partial charge in [-0.05, 0) is 12.1 Å². The SMILES string of the molecule is CNc1cncc(-c2cccc(Cl)c2)n1. The van der Waals surface area contributed by atoms with E-state index in [1.807, 2.05) is 31.3 Å². The average molecular weight is 220 g/mol. The van der Waals surface area contributed by atoms with Gasteiger partial charge in [0.2, 0.25) is 0 Å². The molecule has 0 aliphatic heterocycles. The normalized spacial score (nSPS) is 10.0. The van der Waals surface area contributed by atoms with Crippen molar-refractivity contribution < 1.29 is 0 Å². The summed E-state index contributed by atoms with van der Waals surface area (Å²) in [5.74, 6) is 0.743. The number of aromatic nitrogens is 2. The number of rotatable bonds is 2. The Morgan fingerprint density at radius 3 is 2.87 bits per heavy atom. The van der Waals surface area contributed by atoms with Gasteiger partial charge in [-0.25, -0.2) is 4.98 Å². The molecule has 4 heteroatoms. The van der Waals surface area contributed by atoms with Gasteiger partial charge < -0.3 is 5.32 Å². The summed E-state index contributed by atoms with van der Waals surface area (Å²) in [6.45, 7) is 0. The lowest BCUT2D eigenvalue weighted by atomic mass is 10.2. The van der Waals surface area contributed by atoms with Crippen LogP contribution in [0, 0.1) is 0 Å². The Morgan fingerprint density at radius 2 is 2.13 bits per heavy atom. The smallest absolute Gasteiger partial charge is 0.144 e. The van der Waals surface area contributed by atoms with Crippen LogP contribution in [0.4, 0.5) is 5.82 Å². The summed E-state index contributed by atoms with van der Waals surface area (Å²) in [5, 5.41) is 3.64. The molecule has 76 valence electrons. The van der Waals surface area contributed by atoms with E-state index < -0.39 is 0 Å². The fourth-order valence-corrected chi connectivity index (χ4v) is 1.46. The molecule has 0 bridgehead atoms. The molecule has 1 N–H and O–H groups in total. The summed E-state index contributed by atoms with van der Waals surface area (Å²) in [6.07, 6.45) is 3.39. The second-order valence-corrected chi connectivity index (χ2v) is 3.49. The Balaban J connectivity index is 2.44. The number of halogens is 1. The number of nitrogens with one attached hydrogen (secondary N) is 1. The molecule has 0 aliphatic carbocycles. The van der Waals surface area contributed by atoms with Crippen LogP contribution in [-0.4, -0.2) is 17.0 Å². The lowest BCUT2D eigenvalue weighted by Gasteiger charge is -2.03. The van der Waals surface area contributed by atoms with Gasteiger partial charge in [0.1, 0.15) is 5.82 Å². The maximum Gasteiger partial charge on any atom is 0.144 e. The standard InChI is InChI=1S/C11H10ClN3/c1-13-11-7-14-6-10(15-11)8-3-2-4-9(12)5-8/h2-7H,1H3,(H,13,15). The van der Waals surface area contributed by atoms with Crippen molar-refractivity contribution in [3.8, 4) is 11.3 Å². The first-order chi connectivity index (χ1) is 7.29. The maximum absolute atomic E-state index is 5.90. The van der Waals surface area contributed by atoms with E-state index in [0.717, 1.165) is 17.1 Å². The van der Waals surface area contributed by atoms with E-state index in [1.54, 1.807) is 12.4 Å². The molecule has 2 rings (SSSR count). The van der Waals surface area contributed by atoms with Gasteiger partial charge in [-0.3, -0.25) is 4.98 Å². The fourth-order valence-electron chi connectivity index (χ4n) is 1.27. The third-order valence-corrected chi connectivity index (χ3v) is 2.25. The van der Waals surface area contributed by atoms with Gasteiger partial charge in [0, 0.05) is 17.6 Å². The minimum absolute atomic E-state index is 0.698. The van der Waals surface area contributed by atoms with Crippen molar-refractivity contribution in [1.29, 1.82) is 0 Å². The van der Waals surface area contributed by atoms with Crippen LogP contribution in [0.1, 0.15) is 0 Å². The second-order valence-electron chi connectivity index (χ2n) is 3.05. The predicted molar refractivity (Wildman–Crippen MR) is 62.0 cm³/mol. The lowest BCUT2D eigenvalue weighted by molar-refractivity contribution is 1.19. The van der Waals surface area contributed by atoms with Gasteiger partial charge in [-0.15, -0.1) is 0 Å². The molecule has 0 fully saturated rings. The first kappa shape index (κ1) is 9.93. The minimum Gasteiger partial charge on any atom is -0.372 e. The van der Waals surface area contributed by atoms with E-state index in [9.17, 15) is 0 Å². The summed E-state index contributed by atoms with van der Waals surface area (Å²) in [7, 11) is 1.81. The van der Waals surface area contributed by atoms with E-state index >= 15 is 0 Å². The van der Waals surface area contributed by atoms with Crippen LogP contribution in [-0.2, 0) is 0 Å². The monoisotopic (exact) mass is 219 g/mol. The average Bonchev–Trinajstić information content (AvgIpc) is 2.29. The van der Waals surface area contributed by atoms with Crippen molar-refractivity contribution in [3.05, 3.63) is 41.7 Å². The molecule has 1 aromatic heterocycles. The van der Waals surface area contributed by atoms with Crippen molar-refractivity contribution in [3.63, 3.8) is 0 Å². The summed E-state index contributed by atoms with van der Waals surface area (Å²) in [4.78, 5) is 8.46. The zero-order valence-electron chi connectivity index (χ0n) is 8.24. The summed E-state index contributed by atoms with van der Waals surface area (Å²) >= 11 is 5.90. The first-order valence-electron chi connectivity index (χ1n) is 4.55. The molecule has 0 spiro atoms. The quantitative estimate of drug-likeness (QED) is 0.844. The second kappa shape index (κ2) is 4.28. The van der Waals surface area contributed by atoms with E-state index in [1.165, 1.54) is 0 Å². The van der Waals surface area contributed by atoms with Gasteiger partial charge in [0.15, 0.2) is 0 Å². The van der Waals surface area contributed by atoms with Crippen LogP contribution >= 0.6 is 11.6 Å². The number of hydrogen-bond acceptors (Lipinski definition) is 3. The van der Waals surface area contributed by atoms with Crippen molar-refractivity contribution in [2.45, 2.75) is 0 Å². The number of hydrogen-bond donors (Lipinski definition) is 1. The highest BCUT2D eigenvalue weighted by molar-refractivity contribution is 6.30. The van der Waals surface area contributed by atoms with Crippen LogP contribution in [0.5, 0.6) is 0 Å². The molecular weight excluding hydrogens is 210 g/mol. The van der Waals surface area contributed by atoms with Gasteiger partial charge in [0.25, 0.3) is 0 Å². The van der Waals surface area contributed by atoms with Crippen LogP contribution in [0.25, 0.3) is 11.3 Å². The van der Waals surface area contributed by atoms with Crippen LogP contribution in [0.3, 0.4) is 0 Å². The molecular formula is C11H10ClN3. The van der Waals surface area contributed by atoms with Crippen molar-refractivity contribution in [2.75, 3.05) is 12.4 Å². The minimum atomic E-state index is 0.698. The molecule has 0 amide bonds. The van der Waals surface area contributed by atoms with Gasteiger partial charge in [0.05, 0.1) is 18.1 Å². The molecule has 0 saturated heterocycles. The molecule has 15 heavy (non-hydrogen) atoms. The Labute approximate surface area is 93.1 Å². The van der Waals surface area contributed by atoms with Crippen LogP contribution in [0.2, 0.25) is 5.02 Å². The molecule has 0 radical (unpaired) electrons.